The van der Waals surface area contributed by atoms with Gasteiger partial charge in [-0.15, -0.1) is 0 Å². The van der Waals surface area contributed by atoms with Gasteiger partial charge in [0.25, 0.3) is 0 Å². The van der Waals surface area contributed by atoms with Crippen molar-refractivity contribution in [1.82, 2.24) is 0 Å². The van der Waals surface area contributed by atoms with Crippen LogP contribution in [0.3, 0.4) is 0 Å². The number of carbonyl (C=O) groups excluding carboxylic acids is 1. The Bertz CT molecular complexity index is 699. The van der Waals surface area contributed by atoms with Crippen LogP contribution < -0.4 is 4.90 Å². The number of anilines is 1. The molecule has 1 aliphatic rings. The Morgan fingerprint density at radius 2 is 2.00 bits per heavy atom. The molecule has 1 heterocycles. The van der Waals surface area contributed by atoms with Gasteiger partial charge in [-0.25, -0.2) is 4.79 Å². The minimum Gasteiger partial charge on any atom is -0.462 e. The zero-order valence-electron chi connectivity index (χ0n) is 12.5. The van der Waals surface area contributed by atoms with Gasteiger partial charge in [0.2, 0.25) is 0 Å². The van der Waals surface area contributed by atoms with E-state index in [1.165, 1.54) is 11.1 Å². The molecule has 0 aliphatic carbocycles. The van der Waals surface area contributed by atoms with Crippen LogP contribution in [0.15, 0.2) is 42.5 Å². The summed E-state index contributed by atoms with van der Waals surface area (Å²) in [4.78, 5) is 14.4. The third-order valence-electron chi connectivity index (χ3n) is 3.93. The summed E-state index contributed by atoms with van der Waals surface area (Å²) < 4.78 is 5.16. The fraction of sp³-hybridized carbons (Fsp3) is 0.278. The quantitative estimate of drug-likeness (QED) is 0.799. The summed E-state index contributed by atoms with van der Waals surface area (Å²) in [7, 11) is 0. The normalized spacial score (nSPS) is 13.6. The Hall–Kier alpha value is -2.00. The maximum absolute atomic E-state index is 12.2. The number of rotatable bonds is 3. The van der Waals surface area contributed by atoms with Crippen LogP contribution in [0.5, 0.6) is 0 Å². The van der Waals surface area contributed by atoms with E-state index >= 15 is 0 Å². The van der Waals surface area contributed by atoms with Crippen LogP contribution in [0, 0.1) is 0 Å². The minimum absolute atomic E-state index is 0.321. The Morgan fingerprint density at radius 3 is 2.77 bits per heavy atom. The largest absolute Gasteiger partial charge is 0.462 e. The van der Waals surface area contributed by atoms with E-state index in [0.29, 0.717) is 17.2 Å². The summed E-state index contributed by atoms with van der Waals surface area (Å²) in [6.45, 7) is 3.84. The van der Waals surface area contributed by atoms with Crippen LogP contribution in [-0.4, -0.2) is 19.1 Å². The highest BCUT2D eigenvalue weighted by molar-refractivity contribution is 6.31. The van der Waals surface area contributed by atoms with Crippen LogP contribution >= 0.6 is 11.6 Å². The van der Waals surface area contributed by atoms with E-state index in [-0.39, 0.29) is 5.97 Å². The van der Waals surface area contributed by atoms with Gasteiger partial charge < -0.3 is 9.64 Å². The molecule has 3 rings (SSSR count). The van der Waals surface area contributed by atoms with Gasteiger partial charge in [0.1, 0.15) is 0 Å². The van der Waals surface area contributed by atoms with Crippen LogP contribution in [-0.2, 0) is 17.7 Å². The summed E-state index contributed by atoms with van der Waals surface area (Å²) in [5.74, 6) is -0.321. The van der Waals surface area contributed by atoms with E-state index in [4.69, 9.17) is 16.3 Å². The van der Waals surface area contributed by atoms with Gasteiger partial charge in [-0.1, -0.05) is 35.9 Å². The number of nitrogens with zero attached hydrogens (tertiary/aromatic N) is 1. The molecule has 0 aromatic heterocycles. The van der Waals surface area contributed by atoms with Crippen molar-refractivity contribution >= 4 is 23.3 Å². The van der Waals surface area contributed by atoms with Gasteiger partial charge in [-0.05, 0) is 42.7 Å². The van der Waals surface area contributed by atoms with E-state index in [1.807, 2.05) is 12.1 Å². The van der Waals surface area contributed by atoms with Crippen molar-refractivity contribution in [3.05, 3.63) is 64.2 Å². The van der Waals surface area contributed by atoms with E-state index in [2.05, 4.69) is 29.2 Å². The smallest absolute Gasteiger partial charge is 0.340 e. The van der Waals surface area contributed by atoms with Crippen molar-refractivity contribution in [3.63, 3.8) is 0 Å². The van der Waals surface area contributed by atoms with Crippen molar-refractivity contribution in [2.45, 2.75) is 19.9 Å². The van der Waals surface area contributed by atoms with Gasteiger partial charge in [0, 0.05) is 18.1 Å². The van der Waals surface area contributed by atoms with Crippen LogP contribution in [0.2, 0.25) is 5.02 Å². The zero-order valence-corrected chi connectivity index (χ0v) is 13.3. The summed E-state index contributed by atoms with van der Waals surface area (Å²) in [5, 5.41) is 0.546. The van der Waals surface area contributed by atoms with Crippen molar-refractivity contribution in [3.8, 4) is 0 Å². The number of carbonyl (C=O) groups is 1. The Kier molecular flexibility index (Phi) is 4.34. The van der Waals surface area contributed by atoms with Gasteiger partial charge in [0.15, 0.2) is 0 Å². The highest BCUT2D eigenvalue weighted by Crippen LogP contribution is 2.29. The SMILES string of the molecule is CCOC(=O)c1cc(Cl)ccc1N1CCc2ccccc2C1. The molecule has 22 heavy (non-hydrogen) atoms. The first kappa shape index (κ1) is 14.9. The molecule has 1 aliphatic heterocycles. The standard InChI is InChI=1S/C18H18ClNO2/c1-2-22-18(21)16-11-15(19)7-8-17(16)20-10-9-13-5-3-4-6-14(13)12-20/h3-8,11H,2,9-10,12H2,1H3. The lowest BCUT2D eigenvalue weighted by Crippen LogP contribution is -2.31. The molecule has 0 unspecified atom stereocenters. The Morgan fingerprint density at radius 1 is 1.23 bits per heavy atom. The molecule has 0 N–H and O–H groups in total. The molecular weight excluding hydrogens is 298 g/mol. The molecule has 114 valence electrons. The van der Waals surface area contributed by atoms with Gasteiger partial charge in [-0.2, -0.15) is 0 Å². The number of esters is 1. The molecule has 3 nitrogen and oxygen atoms in total. The maximum atomic E-state index is 12.2. The fourth-order valence-electron chi connectivity index (χ4n) is 2.86. The molecule has 0 amide bonds. The van der Waals surface area contributed by atoms with Crippen molar-refractivity contribution in [1.29, 1.82) is 0 Å². The molecule has 0 atom stereocenters. The first-order chi connectivity index (χ1) is 10.7. The third-order valence-corrected chi connectivity index (χ3v) is 4.16. The van der Waals surface area contributed by atoms with Gasteiger partial charge in [0.05, 0.1) is 17.9 Å². The number of fused-ring (bicyclic) bond motifs is 1. The number of hydrogen-bond donors (Lipinski definition) is 0. The first-order valence-corrected chi connectivity index (χ1v) is 7.85. The molecule has 0 bridgehead atoms. The number of benzene rings is 2. The Labute approximate surface area is 135 Å². The molecule has 0 fully saturated rings. The molecule has 0 saturated carbocycles. The third kappa shape index (κ3) is 2.95. The first-order valence-electron chi connectivity index (χ1n) is 7.47. The fourth-order valence-corrected chi connectivity index (χ4v) is 3.03. The average molecular weight is 316 g/mol. The van der Waals surface area contributed by atoms with E-state index in [9.17, 15) is 4.79 Å². The zero-order chi connectivity index (χ0) is 15.5. The second-order valence-corrected chi connectivity index (χ2v) is 5.76. The van der Waals surface area contributed by atoms with E-state index in [0.717, 1.165) is 25.2 Å². The van der Waals surface area contributed by atoms with Crippen LogP contribution in [0.1, 0.15) is 28.4 Å². The number of hydrogen-bond acceptors (Lipinski definition) is 3. The minimum atomic E-state index is -0.321. The molecule has 2 aromatic rings. The summed E-state index contributed by atoms with van der Waals surface area (Å²) in [6, 6.07) is 13.8. The maximum Gasteiger partial charge on any atom is 0.340 e. The lowest BCUT2D eigenvalue weighted by Gasteiger charge is -2.32. The molecule has 0 radical (unpaired) electrons. The lowest BCUT2D eigenvalue weighted by molar-refractivity contribution is 0.0527. The monoisotopic (exact) mass is 315 g/mol. The highest BCUT2D eigenvalue weighted by atomic mass is 35.5. The van der Waals surface area contributed by atoms with Crippen LogP contribution in [0.25, 0.3) is 0 Å². The molecule has 0 spiro atoms. The molecule has 4 heteroatoms. The summed E-state index contributed by atoms with van der Waals surface area (Å²) >= 11 is 6.05. The summed E-state index contributed by atoms with van der Waals surface area (Å²) in [6.07, 6.45) is 0.973. The summed E-state index contributed by atoms with van der Waals surface area (Å²) in [5.41, 5.74) is 4.11. The Balaban J connectivity index is 1.94. The lowest BCUT2D eigenvalue weighted by atomic mass is 9.98. The van der Waals surface area contributed by atoms with Gasteiger partial charge in [-0.3, -0.25) is 0 Å². The van der Waals surface area contributed by atoms with E-state index < -0.39 is 0 Å². The molecular formula is C18H18ClNO2. The van der Waals surface area contributed by atoms with Crippen molar-refractivity contribution in [2.24, 2.45) is 0 Å². The van der Waals surface area contributed by atoms with Crippen molar-refractivity contribution in [2.75, 3.05) is 18.1 Å². The number of ether oxygens (including phenoxy) is 1. The predicted molar refractivity (Wildman–Crippen MR) is 88.6 cm³/mol. The second kappa shape index (κ2) is 6.41. The number of halogens is 1. The van der Waals surface area contributed by atoms with Gasteiger partial charge >= 0.3 is 5.97 Å². The van der Waals surface area contributed by atoms with Crippen molar-refractivity contribution < 1.29 is 9.53 Å². The van der Waals surface area contributed by atoms with Crippen LogP contribution in [0.4, 0.5) is 5.69 Å². The molecule has 0 saturated heterocycles. The highest BCUT2D eigenvalue weighted by Gasteiger charge is 2.22. The molecule has 2 aromatic carbocycles. The topological polar surface area (TPSA) is 29.5 Å². The second-order valence-electron chi connectivity index (χ2n) is 5.32. The van der Waals surface area contributed by atoms with E-state index in [1.54, 1.807) is 13.0 Å². The predicted octanol–water partition coefficient (Wildman–Crippen LogP) is 4.08. The average Bonchev–Trinajstić information content (AvgIpc) is 2.54.